The van der Waals surface area contributed by atoms with Crippen LogP contribution in [0.25, 0.3) is 0 Å². The normalized spacial score (nSPS) is 9.82. The van der Waals surface area contributed by atoms with Crippen molar-refractivity contribution in [3.8, 4) is 5.75 Å². The molecule has 0 heterocycles. The number of ether oxygens (including phenoxy) is 2. The Hall–Kier alpha value is -1.55. The topological polar surface area (TPSA) is 52.6 Å². The lowest BCUT2D eigenvalue weighted by atomic mass is 10.1. The molecule has 0 amide bonds. The number of carbonyl (C=O) groups is 2. The molecule has 1 aromatic rings. The standard InChI is InChI=1S/C12H13ClO4/c1-3-17-12(15)6-8-4-10(13)11(16-2)5-9(8)7-14/h4-5,7H,3,6H2,1-2H3. The van der Waals surface area contributed by atoms with Gasteiger partial charge in [-0.2, -0.15) is 0 Å². The number of rotatable bonds is 5. The van der Waals surface area contributed by atoms with E-state index in [0.29, 0.717) is 34.8 Å². The summed E-state index contributed by atoms with van der Waals surface area (Å²) < 4.78 is 9.80. The van der Waals surface area contributed by atoms with Gasteiger partial charge in [0.2, 0.25) is 0 Å². The minimum Gasteiger partial charge on any atom is -0.495 e. The number of esters is 1. The predicted octanol–water partition coefficient (Wildman–Crippen LogP) is 2.27. The summed E-state index contributed by atoms with van der Waals surface area (Å²) in [4.78, 5) is 22.2. The van der Waals surface area contributed by atoms with Gasteiger partial charge >= 0.3 is 5.97 Å². The van der Waals surface area contributed by atoms with Crippen molar-refractivity contribution in [2.75, 3.05) is 13.7 Å². The van der Waals surface area contributed by atoms with Crippen molar-refractivity contribution in [1.82, 2.24) is 0 Å². The smallest absolute Gasteiger partial charge is 0.310 e. The summed E-state index contributed by atoms with van der Waals surface area (Å²) in [5, 5.41) is 0.359. The molecule has 0 aliphatic heterocycles. The Labute approximate surface area is 104 Å². The monoisotopic (exact) mass is 256 g/mol. The highest BCUT2D eigenvalue weighted by Gasteiger charge is 2.12. The molecule has 0 saturated carbocycles. The van der Waals surface area contributed by atoms with Crippen LogP contribution in [0, 0.1) is 0 Å². The lowest BCUT2D eigenvalue weighted by Gasteiger charge is -2.09. The third-order valence-corrected chi connectivity index (χ3v) is 2.48. The molecule has 0 aliphatic rings. The molecule has 1 rings (SSSR count). The van der Waals surface area contributed by atoms with Gasteiger partial charge in [-0.05, 0) is 24.6 Å². The summed E-state index contributed by atoms with van der Waals surface area (Å²) in [5.41, 5.74) is 0.906. The van der Waals surface area contributed by atoms with Crippen LogP contribution in [0.15, 0.2) is 12.1 Å². The number of hydrogen-bond acceptors (Lipinski definition) is 4. The number of methoxy groups -OCH3 is 1. The van der Waals surface area contributed by atoms with E-state index in [-0.39, 0.29) is 6.42 Å². The molecule has 1 aromatic carbocycles. The molecule has 17 heavy (non-hydrogen) atoms. The predicted molar refractivity (Wildman–Crippen MR) is 63.7 cm³/mol. The highest BCUT2D eigenvalue weighted by molar-refractivity contribution is 6.32. The first kappa shape index (κ1) is 13.5. The van der Waals surface area contributed by atoms with Crippen LogP contribution < -0.4 is 4.74 Å². The number of hydrogen-bond donors (Lipinski definition) is 0. The Bertz CT molecular complexity index is 429. The summed E-state index contributed by atoms with van der Waals surface area (Å²) in [5.74, 6) is 0.0122. The maximum atomic E-state index is 11.3. The molecule has 0 atom stereocenters. The van der Waals surface area contributed by atoms with E-state index < -0.39 is 5.97 Å². The Morgan fingerprint density at radius 2 is 2.18 bits per heavy atom. The molecule has 0 N–H and O–H groups in total. The quantitative estimate of drug-likeness (QED) is 0.599. The van der Waals surface area contributed by atoms with E-state index in [1.807, 2.05) is 0 Å². The van der Waals surface area contributed by atoms with Gasteiger partial charge in [-0.1, -0.05) is 11.6 Å². The molecule has 0 bridgehead atoms. The van der Waals surface area contributed by atoms with E-state index in [9.17, 15) is 9.59 Å². The van der Waals surface area contributed by atoms with Crippen LogP contribution >= 0.6 is 11.6 Å². The molecule has 0 fully saturated rings. The average molecular weight is 257 g/mol. The van der Waals surface area contributed by atoms with Crippen molar-refractivity contribution >= 4 is 23.9 Å². The van der Waals surface area contributed by atoms with E-state index in [1.165, 1.54) is 13.2 Å². The van der Waals surface area contributed by atoms with Crippen molar-refractivity contribution in [2.45, 2.75) is 13.3 Å². The first-order chi connectivity index (χ1) is 8.12. The Morgan fingerprint density at radius 1 is 1.47 bits per heavy atom. The summed E-state index contributed by atoms with van der Waals surface area (Å²) in [6.45, 7) is 2.03. The van der Waals surface area contributed by atoms with Crippen LogP contribution in [0.1, 0.15) is 22.8 Å². The van der Waals surface area contributed by atoms with Crippen LogP contribution in [0.2, 0.25) is 5.02 Å². The second kappa shape index (κ2) is 6.25. The van der Waals surface area contributed by atoms with Crippen molar-refractivity contribution < 1.29 is 19.1 Å². The van der Waals surface area contributed by atoms with Crippen LogP contribution in [0.4, 0.5) is 0 Å². The second-order valence-corrected chi connectivity index (χ2v) is 3.69. The zero-order valence-electron chi connectivity index (χ0n) is 9.66. The molecule has 0 saturated heterocycles. The van der Waals surface area contributed by atoms with E-state index in [0.717, 1.165) is 0 Å². The molecule has 0 aromatic heterocycles. The zero-order chi connectivity index (χ0) is 12.8. The van der Waals surface area contributed by atoms with Gasteiger partial charge in [0.1, 0.15) is 12.0 Å². The van der Waals surface area contributed by atoms with Crippen molar-refractivity contribution in [1.29, 1.82) is 0 Å². The molecule has 0 unspecified atom stereocenters. The van der Waals surface area contributed by atoms with E-state index in [2.05, 4.69) is 0 Å². The van der Waals surface area contributed by atoms with Gasteiger partial charge in [0.05, 0.1) is 25.2 Å². The third-order valence-electron chi connectivity index (χ3n) is 2.18. The third kappa shape index (κ3) is 3.46. The first-order valence-corrected chi connectivity index (χ1v) is 5.47. The van der Waals surface area contributed by atoms with Gasteiger partial charge in [0.15, 0.2) is 0 Å². The molecular weight excluding hydrogens is 244 g/mol. The first-order valence-electron chi connectivity index (χ1n) is 5.09. The Kier molecular flexibility index (Phi) is 4.97. The highest BCUT2D eigenvalue weighted by atomic mass is 35.5. The molecule has 0 radical (unpaired) electrons. The van der Waals surface area contributed by atoms with Crippen LogP contribution in [0.5, 0.6) is 5.75 Å². The van der Waals surface area contributed by atoms with Gasteiger partial charge in [-0.25, -0.2) is 0 Å². The van der Waals surface area contributed by atoms with Crippen LogP contribution in [-0.4, -0.2) is 26.0 Å². The molecule has 92 valence electrons. The van der Waals surface area contributed by atoms with Gasteiger partial charge in [-0.3, -0.25) is 9.59 Å². The summed E-state index contributed by atoms with van der Waals surface area (Å²) in [7, 11) is 1.46. The highest BCUT2D eigenvalue weighted by Crippen LogP contribution is 2.27. The van der Waals surface area contributed by atoms with Crippen molar-refractivity contribution in [3.05, 3.63) is 28.3 Å². The van der Waals surface area contributed by atoms with E-state index in [4.69, 9.17) is 21.1 Å². The van der Waals surface area contributed by atoms with Gasteiger partial charge < -0.3 is 9.47 Å². The number of benzene rings is 1. The van der Waals surface area contributed by atoms with Crippen LogP contribution in [0.3, 0.4) is 0 Å². The van der Waals surface area contributed by atoms with E-state index in [1.54, 1.807) is 13.0 Å². The summed E-state index contributed by atoms with van der Waals surface area (Å²) >= 11 is 5.93. The fourth-order valence-corrected chi connectivity index (χ4v) is 1.66. The minimum absolute atomic E-state index is 0.0195. The fraction of sp³-hybridized carbons (Fsp3) is 0.333. The van der Waals surface area contributed by atoms with Gasteiger partial charge in [-0.15, -0.1) is 0 Å². The van der Waals surface area contributed by atoms with Crippen LogP contribution in [-0.2, 0) is 16.0 Å². The zero-order valence-corrected chi connectivity index (χ0v) is 10.4. The molecule has 4 nitrogen and oxygen atoms in total. The Balaban J connectivity index is 3.02. The lowest BCUT2D eigenvalue weighted by Crippen LogP contribution is -2.09. The molecule has 0 spiro atoms. The summed E-state index contributed by atoms with van der Waals surface area (Å²) in [6.07, 6.45) is 0.680. The maximum Gasteiger partial charge on any atom is 0.310 e. The average Bonchev–Trinajstić information content (AvgIpc) is 2.29. The molecule has 5 heteroatoms. The lowest BCUT2D eigenvalue weighted by molar-refractivity contribution is -0.142. The van der Waals surface area contributed by atoms with Gasteiger partial charge in [0.25, 0.3) is 0 Å². The molecular formula is C12H13ClO4. The minimum atomic E-state index is -0.392. The largest absolute Gasteiger partial charge is 0.495 e. The SMILES string of the molecule is CCOC(=O)Cc1cc(Cl)c(OC)cc1C=O. The summed E-state index contributed by atoms with van der Waals surface area (Å²) in [6, 6.07) is 3.05. The van der Waals surface area contributed by atoms with Crippen molar-refractivity contribution in [2.24, 2.45) is 0 Å². The number of halogens is 1. The van der Waals surface area contributed by atoms with E-state index >= 15 is 0 Å². The Morgan fingerprint density at radius 3 is 2.71 bits per heavy atom. The number of aldehydes is 1. The fourth-order valence-electron chi connectivity index (χ4n) is 1.40. The maximum absolute atomic E-state index is 11.3. The van der Waals surface area contributed by atoms with Crippen molar-refractivity contribution in [3.63, 3.8) is 0 Å². The number of carbonyl (C=O) groups excluding carboxylic acids is 2. The molecule has 0 aliphatic carbocycles. The van der Waals surface area contributed by atoms with Gasteiger partial charge in [0, 0.05) is 5.56 Å². The second-order valence-electron chi connectivity index (χ2n) is 3.29.